The first-order chi connectivity index (χ1) is 15.9. The summed E-state index contributed by atoms with van der Waals surface area (Å²) in [5.41, 5.74) is 3.72. The number of methoxy groups -OCH3 is 1. The fraction of sp³-hybridized carbons (Fsp3) is 0.480. The third kappa shape index (κ3) is 5.38. The van der Waals surface area contributed by atoms with Gasteiger partial charge in [-0.3, -0.25) is 9.80 Å². The van der Waals surface area contributed by atoms with Crippen LogP contribution in [0.1, 0.15) is 36.8 Å². The molecule has 1 aliphatic heterocycles. The zero-order chi connectivity index (χ0) is 23.5. The van der Waals surface area contributed by atoms with Crippen LogP contribution in [0, 0.1) is 12.8 Å². The largest absolute Gasteiger partial charge is 0.497 e. The number of nitrogens with one attached hydrogen (secondary N) is 1. The Morgan fingerprint density at radius 3 is 2.82 bits per heavy atom. The summed E-state index contributed by atoms with van der Waals surface area (Å²) in [5.74, 6) is 2.25. The van der Waals surface area contributed by atoms with Crippen LogP contribution in [0.25, 0.3) is 0 Å². The van der Waals surface area contributed by atoms with Crippen LogP contribution in [0.3, 0.4) is 0 Å². The Kier molecular flexibility index (Phi) is 6.72. The monoisotopic (exact) mass is 451 g/mol. The minimum Gasteiger partial charge on any atom is -0.497 e. The Balaban J connectivity index is 1.38. The molecular weight excluding hydrogens is 418 g/mol. The van der Waals surface area contributed by atoms with E-state index >= 15 is 0 Å². The Hall–Kier alpha value is -3.29. The molecule has 1 N–H and O–H groups in total. The number of hydrazone groups is 1. The van der Waals surface area contributed by atoms with E-state index in [1.807, 2.05) is 24.2 Å². The topological polar surface area (TPSA) is 81.0 Å². The SMILES string of the molecule is COc1ccc(C2CC2COc2cc(NCC3=NN(C)C(C)CC=C3)c(=O)n(C)n2)c(C)c1. The number of aromatic nitrogens is 2. The number of anilines is 1. The predicted molar refractivity (Wildman–Crippen MR) is 130 cm³/mol. The van der Waals surface area contributed by atoms with Crippen molar-refractivity contribution >= 4 is 11.4 Å². The summed E-state index contributed by atoms with van der Waals surface area (Å²) in [6.07, 6.45) is 6.15. The number of hydrogen-bond donors (Lipinski definition) is 1. The second kappa shape index (κ2) is 9.68. The number of nitrogens with zero attached hydrogens (tertiary/aromatic N) is 4. The van der Waals surface area contributed by atoms with Crippen molar-refractivity contribution in [3.8, 4) is 11.6 Å². The van der Waals surface area contributed by atoms with Crippen molar-refractivity contribution in [1.29, 1.82) is 0 Å². The van der Waals surface area contributed by atoms with Gasteiger partial charge in [-0.2, -0.15) is 5.10 Å². The third-order valence-corrected chi connectivity index (χ3v) is 6.46. The van der Waals surface area contributed by atoms with Gasteiger partial charge in [0, 0.05) is 32.1 Å². The summed E-state index contributed by atoms with van der Waals surface area (Å²) in [5, 5.41) is 14.0. The lowest BCUT2D eigenvalue weighted by atomic mass is 10.0. The van der Waals surface area contributed by atoms with Crippen LogP contribution >= 0.6 is 0 Å². The van der Waals surface area contributed by atoms with Gasteiger partial charge < -0.3 is 14.8 Å². The molecule has 4 rings (SSSR count). The van der Waals surface area contributed by atoms with E-state index in [0.29, 0.717) is 42.6 Å². The van der Waals surface area contributed by atoms with Gasteiger partial charge in [0.05, 0.1) is 26.0 Å². The minimum absolute atomic E-state index is 0.194. The minimum atomic E-state index is -0.194. The van der Waals surface area contributed by atoms with E-state index in [4.69, 9.17) is 9.47 Å². The lowest BCUT2D eigenvalue weighted by Crippen LogP contribution is -2.27. The number of hydrogen-bond acceptors (Lipinski definition) is 7. The maximum Gasteiger partial charge on any atom is 0.290 e. The second-order valence-corrected chi connectivity index (χ2v) is 8.97. The van der Waals surface area contributed by atoms with Gasteiger partial charge >= 0.3 is 0 Å². The van der Waals surface area contributed by atoms with E-state index in [0.717, 1.165) is 24.3 Å². The average molecular weight is 452 g/mol. The molecule has 0 amide bonds. The molecule has 1 aromatic heterocycles. The maximum atomic E-state index is 12.6. The molecule has 0 radical (unpaired) electrons. The van der Waals surface area contributed by atoms with E-state index in [1.54, 1.807) is 20.2 Å². The fourth-order valence-electron chi connectivity index (χ4n) is 4.14. The van der Waals surface area contributed by atoms with Crippen LogP contribution in [0.5, 0.6) is 11.6 Å². The van der Waals surface area contributed by atoms with Gasteiger partial charge in [-0.25, -0.2) is 4.68 Å². The highest BCUT2D eigenvalue weighted by Crippen LogP contribution is 2.49. The first-order valence-electron chi connectivity index (χ1n) is 11.4. The van der Waals surface area contributed by atoms with Gasteiger partial charge in [-0.05, 0) is 61.9 Å². The molecule has 8 nitrogen and oxygen atoms in total. The van der Waals surface area contributed by atoms with E-state index in [-0.39, 0.29) is 5.56 Å². The van der Waals surface area contributed by atoms with Crippen molar-refractivity contribution in [2.75, 3.05) is 32.6 Å². The van der Waals surface area contributed by atoms with Crippen molar-refractivity contribution < 1.29 is 9.47 Å². The highest BCUT2D eigenvalue weighted by atomic mass is 16.5. The van der Waals surface area contributed by atoms with Gasteiger partial charge in [0.15, 0.2) is 0 Å². The molecule has 1 saturated carbocycles. The third-order valence-electron chi connectivity index (χ3n) is 6.46. The molecule has 33 heavy (non-hydrogen) atoms. The number of benzene rings is 1. The lowest BCUT2D eigenvalue weighted by Gasteiger charge is -2.19. The van der Waals surface area contributed by atoms with E-state index < -0.39 is 0 Å². The van der Waals surface area contributed by atoms with Gasteiger partial charge in [-0.15, -0.1) is 5.10 Å². The molecule has 1 aliphatic carbocycles. The molecule has 2 heterocycles. The first kappa shape index (κ1) is 22.9. The van der Waals surface area contributed by atoms with Crippen LogP contribution in [0.2, 0.25) is 0 Å². The molecule has 0 bridgehead atoms. The highest BCUT2D eigenvalue weighted by Gasteiger charge is 2.39. The Morgan fingerprint density at radius 1 is 1.24 bits per heavy atom. The van der Waals surface area contributed by atoms with Crippen LogP contribution in [0.15, 0.2) is 46.3 Å². The normalized spacial score (nSPS) is 21.9. The highest BCUT2D eigenvalue weighted by molar-refractivity contribution is 5.98. The second-order valence-electron chi connectivity index (χ2n) is 8.97. The van der Waals surface area contributed by atoms with E-state index in [2.05, 4.69) is 47.6 Å². The van der Waals surface area contributed by atoms with Crippen LogP contribution in [-0.2, 0) is 7.05 Å². The average Bonchev–Trinajstić information content (AvgIpc) is 3.58. The molecular formula is C25H33N5O3. The Morgan fingerprint density at radius 2 is 2.06 bits per heavy atom. The van der Waals surface area contributed by atoms with Gasteiger partial charge in [-0.1, -0.05) is 12.1 Å². The Labute approximate surface area is 194 Å². The summed E-state index contributed by atoms with van der Waals surface area (Å²) >= 11 is 0. The van der Waals surface area contributed by atoms with Crippen molar-refractivity contribution in [3.63, 3.8) is 0 Å². The summed E-state index contributed by atoms with van der Waals surface area (Å²) in [6, 6.07) is 8.27. The molecule has 176 valence electrons. The molecule has 1 fully saturated rings. The summed E-state index contributed by atoms with van der Waals surface area (Å²) < 4.78 is 12.6. The van der Waals surface area contributed by atoms with Crippen LogP contribution < -0.4 is 20.3 Å². The van der Waals surface area contributed by atoms with Crippen molar-refractivity contribution in [3.05, 3.63) is 57.9 Å². The van der Waals surface area contributed by atoms with Crippen molar-refractivity contribution in [2.45, 2.75) is 38.6 Å². The smallest absolute Gasteiger partial charge is 0.290 e. The van der Waals surface area contributed by atoms with Crippen molar-refractivity contribution in [2.24, 2.45) is 18.1 Å². The van der Waals surface area contributed by atoms with Gasteiger partial charge in [0.25, 0.3) is 5.56 Å². The number of ether oxygens (including phenoxy) is 2. The Bertz CT molecular complexity index is 1120. The molecule has 3 atom stereocenters. The van der Waals surface area contributed by atoms with Gasteiger partial charge in [0.1, 0.15) is 11.4 Å². The molecule has 0 saturated heterocycles. The van der Waals surface area contributed by atoms with Gasteiger partial charge in [0.2, 0.25) is 5.88 Å². The standard InChI is InChI=1S/C25H33N5O3/c1-16-11-20(32-5)9-10-21(16)22-12-18(22)15-33-24-13-23(25(31)30(4)28-24)26-14-19-8-6-7-17(2)29(3)27-19/h6,8-11,13,17-18,22,26H,7,12,14-15H2,1-5H3. The molecule has 3 unspecified atom stereocenters. The molecule has 0 spiro atoms. The summed E-state index contributed by atoms with van der Waals surface area (Å²) in [4.78, 5) is 12.6. The molecule has 8 heteroatoms. The zero-order valence-electron chi connectivity index (χ0n) is 20.0. The van der Waals surface area contributed by atoms with E-state index in [1.165, 1.54) is 15.8 Å². The number of rotatable bonds is 8. The number of aryl methyl sites for hydroxylation is 2. The van der Waals surface area contributed by atoms with Crippen molar-refractivity contribution in [1.82, 2.24) is 14.8 Å². The summed E-state index contributed by atoms with van der Waals surface area (Å²) in [7, 11) is 5.29. The zero-order valence-corrected chi connectivity index (χ0v) is 20.0. The lowest BCUT2D eigenvalue weighted by molar-refractivity contribution is 0.274. The summed E-state index contributed by atoms with van der Waals surface area (Å²) in [6.45, 7) is 5.27. The first-order valence-corrected chi connectivity index (χ1v) is 11.4. The predicted octanol–water partition coefficient (Wildman–Crippen LogP) is 3.33. The molecule has 2 aromatic rings. The fourth-order valence-corrected chi connectivity index (χ4v) is 4.14. The molecule has 2 aliphatic rings. The van der Waals surface area contributed by atoms with Crippen LogP contribution in [0.4, 0.5) is 5.69 Å². The molecule has 1 aromatic carbocycles. The van der Waals surface area contributed by atoms with Crippen LogP contribution in [-0.4, -0.2) is 53.9 Å². The van der Waals surface area contributed by atoms with E-state index in [9.17, 15) is 4.79 Å². The quantitative estimate of drug-likeness (QED) is 0.663. The maximum absolute atomic E-state index is 12.6.